The van der Waals surface area contributed by atoms with Crippen LogP contribution in [0.3, 0.4) is 0 Å². The molecule has 1 atom stereocenters. The first kappa shape index (κ1) is 20.1. The monoisotopic (exact) mass is 362 g/mol. The highest BCUT2D eigenvalue weighted by Crippen LogP contribution is 2.39. The van der Waals surface area contributed by atoms with Crippen LogP contribution in [0.5, 0.6) is 0 Å². The lowest BCUT2D eigenvalue weighted by atomic mass is 9.95. The number of nitrogens with one attached hydrogen (secondary N) is 1. The van der Waals surface area contributed by atoms with Gasteiger partial charge in [0, 0.05) is 38.6 Å². The summed E-state index contributed by atoms with van der Waals surface area (Å²) in [6, 6.07) is 1.75. The minimum Gasteiger partial charge on any atom is -0.314 e. The van der Waals surface area contributed by atoms with E-state index in [1.54, 1.807) is 4.90 Å². The van der Waals surface area contributed by atoms with E-state index < -0.39 is 42.0 Å². The third kappa shape index (κ3) is 4.99. The van der Waals surface area contributed by atoms with Crippen LogP contribution < -0.4 is 5.32 Å². The molecule has 1 aliphatic heterocycles. The molecule has 2 rings (SSSR count). The molecule has 0 spiro atoms. The molecule has 0 radical (unpaired) electrons. The SMILES string of the molecule is Cl.Fc1cccc([C@H](CC(F)F)N2CCNCC2)c1C(F)(F)F. The molecule has 0 aromatic heterocycles. The molecule has 1 heterocycles. The number of nitrogens with zero attached hydrogens (tertiary/aromatic N) is 1. The molecule has 1 fully saturated rings. The largest absolute Gasteiger partial charge is 0.419 e. The summed E-state index contributed by atoms with van der Waals surface area (Å²) in [6.07, 6.45) is -8.45. The first-order valence-corrected chi connectivity index (χ1v) is 6.89. The molecule has 0 aliphatic carbocycles. The first-order chi connectivity index (χ1) is 10.3. The number of benzene rings is 1. The fraction of sp³-hybridized carbons (Fsp3) is 0.571. The third-order valence-corrected chi connectivity index (χ3v) is 3.68. The van der Waals surface area contributed by atoms with E-state index in [0.29, 0.717) is 32.2 Å². The van der Waals surface area contributed by atoms with Gasteiger partial charge in [-0.25, -0.2) is 13.2 Å². The molecule has 23 heavy (non-hydrogen) atoms. The summed E-state index contributed by atoms with van der Waals surface area (Å²) < 4.78 is 78.7. The van der Waals surface area contributed by atoms with Gasteiger partial charge in [-0.05, 0) is 11.6 Å². The Labute approximate surface area is 136 Å². The van der Waals surface area contributed by atoms with E-state index in [2.05, 4.69) is 5.32 Å². The summed E-state index contributed by atoms with van der Waals surface area (Å²) in [5, 5.41) is 3.01. The minimum absolute atomic E-state index is 0. The van der Waals surface area contributed by atoms with Crippen LogP contribution >= 0.6 is 12.4 Å². The van der Waals surface area contributed by atoms with Gasteiger partial charge >= 0.3 is 6.18 Å². The van der Waals surface area contributed by atoms with Crippen LogP contribution in [0.1, 0.15) is 23.6 Å². The standard InChI is InChI=1S/C14H16F6N2.ClH/c15-10-3-1-2-9(13(10)14(18,19)20)11(8-12(16)17)22-6-4-21-5-7-22;/h1-3,11-12,21H,4-8H2;1H/t11-;/m0./s1. The minimum atomic E-state index is -4.92. The van der Waals surface area contributed by atoms with Gasteiger partial charge in [0.05, 0.1) is 5.56 Å². The van der Waals surface area contributed by atoms with Crippen molar-refractivity contribution < 1.29 is 26.3 Å². The second-order valence-electron chi connectivity index (χ2n) is 5.13. The lowest BCUT2D eigenvalue weighted by molar-refractivity contribution is -0.141. The second kappa shape index (κ2) is 8.21. The number of hydrogen-bond donors (Lipinski definition) is 1. The number of hydrogen-bond acceptors (Lipinski definition) is 2. The quantitative estimate of drug-likeness (QED) is 0.818. The van der Waals surface area contributed by atoms with E-state index in [4.69, 9.17) is 0 Å². The van der Waals surface area contributed by atoms with E-state index in [0.717, 1.165) is 12.1 Å². The lowest BCUT2D eigenvalue weighted by Gasteiger charge is -2.36. The Bertz CT molecular complexity index is 503. The Kier molecular flexibility index (Phi) is 7.16. The van der Waals surface area contributed by atoms with E-state index >= 15 is 0 Å². The Hall–Kier alpha value is -0.990. The van der Waals surface area contributed by atoms with Gasteiger partial charge in [-0.2, -0.15) is 13.2 Å². The predicted molar refractivity (Wildman–Crippen MR) is 76.5 cm³/mol. The van der Waals surface area contributed by atoms with Gasteiger partial charge in [0.2, 0.25) is 6.43 Å². The van der Waals surface area contributed by atoms with Crippen LogP contribution in [0, 0.1) is 5.82 Å². The van der Waals surface area contributed by atoms with Gasteiger partial charge in [0.25, 0.3) is 0 Å². The summed E-state index contributed by atoms with van der Waals surface area (Å²) in [5.41, 5.74) is -1.87. The van der Waals surface area contributed by atoms with Gasteiger partial charge in [0.1, 0.15) is 5.82 Å². The van der Waals surface area contributed by atoms with Crippen molar-refractivity contribution >= 4 is 12.4 Å². The molecule has 0 bridgehead atoms. The van der Waals surface area contributed by atoms with E-state index in [-0.39, 0.29) is 12.4 Å². The lowest BCUT2D eigenvalue weighted by Crippen LogP contribution is -2.46. The normalized spacial score (nSPS) is 17.9. The molecule has 1 saturated heterocycles. The Balaban J connectivity index is 0.00000264. The summed E-state index contributed by atoms with van der Waals surface area (Å²) in [7, 11) is 0. The van der Waals surface area contributed by atoms with Gasteiger partial charge in [-0.15, -0.1) is 12.4 Å². The number of alkyl halides is 5. The average Bonchev–Trinajstić information content (AvgIpc) is 2.44. The van der Waals surface area contributed by atoms with Crippen LogP contribution in [0.2, 0.25) is 0 Å². The summed E-state index contributed by atoms with van der Waals surface area (Å²) in [6.45, 7) is 1.67. The van der Waals surface area contributed by atoms with Gasteiger partial charge < -0.3 is 5.32 Å². The average molecular weight is 363 g/mol. The van der Waals surface area contributed by atoms with Crippen LogP contribution in [0.15, 0.2) is 18.2 Å². The zero-order valence-electron chi connectivity index (χ0n) is 12.0. The fourth-order valence-electron chi connectivity index (χ4n) is 2.75. The number of piperazine rings is 1. The third-order valence-electron chi connectivity index (χ3n) is 3.68. The second-order valence-corrected chi connectivity index (χ2v) is 5.13. The summed E-state index contributed by atoms with van der Waals surface area (Å²) in [5.74, 6) is -1.43. The topological polar surface area (TPSA) is 15.3 Å². The van der Waals surface area contributed by atoms with Crippen molar-refractivity contribution in [1.29, 1.82) is 0 Å². The Morgan fingerprint density at radius 3 is 2.26 bits per heavy atom. The van der Waals surface area contributed by atoms with Gasteiger partial charge in [-0.3, -0.25) is 4.90 Å². The molecule has 9 heteroatoms. The predicted octanol–water partition coefficient (Wildman–Crippen LogP) is 3.87. The molecular weight excluding hydrogens is 346 g/mol. The van der Waals surface area contributed by atoms with Crippen molar-refractivity contribution in [3.05, 3.63) is 35.1 Å². The van der Waals surface area contributed by atoms with E-state index in [1.807, 2.05) is 0 Å². The van der Waals surface area contributed by atoms with Crippen molar-refractivity contribution in [1.82, 2.24) is 10.2 Å². The maximum absolute atomic E-state index is 13.7. The summed E-state index contributed by atoms with van der Waals surface area (Å²) >= 11 is 0. The maximum Gasteiger partial charge on any atom is 0.419 e. The smallest absolute Gasteiger partial charge is 0.314 e. The zero-order valence-corrected chi connectivity index (χ0v) is 12.9. The highest BCUT2D eigenvalue weighted by atomic mass is 35.5. The number of rotatable bonds is 4. The number of halogens is 7. The first-order valence-electron chi connectivity index (χ1n) is 6.89. The molecule has 1 aromatic rings. The summed E-state index contributed by atoms with van der Waals surface area (Å²) in [4.78, 5) is 1.55. The van der Waals surface area contributed by atoms with Gasteiger partial charge in [-0.1, -0.05) is 12.1 Å². The van der Waals surface area contributed by atoms with Crippen molar-refractivity contribution in [2.45, 2.75) is 25.1 Å². The molecule has 1 aliphatic rings. The van der Waals surface area contributed by atoms with Crippen LogP contribution in [-0.2, 0) is 6.18 Å². The zero-order chi connectivity index (χ0) is 16.3. The highest BCUT2D eigenvalue weighted by Gasteiger charge is 2.40. The molecule has 1 aromatic carbocycles. The fourth-order valence-corrected chi connectivity index (χ4v) is 2.75. The molecule has 0 saturated carbocycles. The van der Waals surface area contributed by atoms with E-state index in [1.165, 1.54) is 0 Å². The van der Waals surface area contributed by atoms with Crippen LogP contribution in [0.4, 0.5) is 26.3 Å². The van der Waals surface area contributed by atoms with Crippen molar-refractivity contribution in [2.75, 3.05) is 26.2 Å². The van der Waals surface area contributed by atoms with Crippen LogP contribution in [0.25, 0.3) is 0 Å². The maximum atomic E-state index is 13.7. The Morgan fingerprint density at radius 2 is 1.74 bits per heavy atom. The van der Waals surface area contributed by atoms with Crippen molar-refractivity contribution in [3.8, 4) is 0 Å². The van der Waals surface area contributed by atoms with Crippen LogP contribution in [-0.4, -0.2) is 37.5 Å². The molecular formula is C14H17ClF6N2. The molecule has 0 unspecified atom stereocenters. The molecule has 1 N–H and O–H groups in total. The van der Waals surface area contributed by atoms with Crippen molar-refractivity contribution in [2.24, 2.45) is 0 Å². The molecule has 132 valence electrons. The molecule has 0 amide bonds. The highest BCUT2D eigenvalue weighted by molar-refractivity contribution is 5.85. The van der Waals surface area contributed by atoms with E-state index in [9.17, 15) is 26.3 Å². The van der Waals surface area contributed by atoms with Gasteiger partial charge in [0.15, 0.2) is 0 Å². The Morgan fingerprint density at radius 1 is 1.13 bits per heavy atom. The van der Waals surface area contributed by atoms with Crippen molar-refractivity contribution in [3.63, 3.8) is 0 Å². The molecule has 2 nitrogen and oxygen atoms in total.